The number of hydrogen-bond donors (Lipinski definition) is 2. The number of methoxy groups -OCH3 is 1. The lowest BCUT2D eigenvalue weighted by atomic mass is 9.92. The van der Waals surface area contributed by atoms with Gasteiger partial charge in [0.05, 0.1) is 7.11 Å². The fourth-order valence-corrected chi connectivity index (χ4v) is 3.17. The summed E-state index contributed by atoms with van der Waals surface area (Å²) in [6.45, 7) is 1.52. The highest BCUT2D eigenvalue weighted by atomic mass is 19.1. The summed E-state index contributed by atoms with van der Waals surface area (Å²) in [7, 11) is 1.51. The summed E-state index contributed by atoms with van der Waals surface area (Å²) in [6.07, 6.45) is 0.508. The Kier molecular flexibility index (Phi) is 5.81. The third-order valence-electron chi connectivity index (χ3n) is 4.87. The van der Waals surface area contributed by atoms with Crippen LogP contribution < -0.4 is 15.4 Å². The second-order valence-electron chi connectivity index (χ2n) is 6.90. The van der Waals surface area contributed by atoms with Crippen molar-refractivity contribution < 1.29 is 23.5 Å². The molecule has 1 unspecified atom stereocenters. The summed E-state index contributed by atoms with van der Waals surface area (Å²) >= 11 is 0. The van der Waals surface area contributed by atoms with Crippen molar-refractivity contribution in [3.05, 3.63) is 65.5 Å². The molecule has 0 aromatic heterocycles. The van der Waals surface area contributed by atoms with Crippen LogP contribution in [0.5, 0.6) is 5.75 Å². The Morgan fingerprint density at radius 1 is 1.21 bits per heavy atom. The Balaban J connectivity index is 1.60. The number of amides is 4. The molecule has 1 saturated heterocycles. The van der Waals surface area contributed by atoms with Gasteiger partial charge in [-0.2, -0.15) is 0 Å². The largest absolute Gasteiger partial charge is 0.497 e. The Morgan fingerprint density at radius 3 is 2.62 bits per heavy atom. The minimum atomic E-state index is -1.28. The molecule has 0 radical (unpaired) electrons. The number of rotatable bonds is 7. The number of halogens is 1. The van der Waals surface area contributed by atoms with Crippen LogP contribution in [0.2, 0.25) is 0 Å². The normalized spacial score (nSPS) is 18.5. The summed E-state index contributed by atoms with van der Waals surface area (Å²) in [4.78, 5) is 38.3. The van der Waals surface area contributed by atoms with E-state index in [4.69, 9.17) is 4.74 Å². The van der Waals surface area contributed by atoms with Gasteiger partial charge in [0.25, 0.3) is 5.91 Å². The van der Waals surface area contributed by atoms with E-state index >= 15 is 0 Å². The number of nitrogens with zero attached hydrogens (tertiary/aromatic N) is 1. The zero-order valence-electron chi connectivity index (χ0n) is 16.2. The lowest BCUT2D eigenvalue weighted by Gasteiger charge is -2.22. The van der Waals surface area contributed by atoms with Gasteiger partial charge in [-0.05, 0) is 48.7 Å². The predicted octanol–water partition coefficient (Wildman–Crippen LogP) is 1.96. The molecule has 1 fully saturated rings. The van der Waals surface area contributed by atoms with E-state index in [0.29, 0.717) is 24.3 Å². The van der Waals surface area contributed by atoms with Crippen LogP contribution in [0.3, 0.4) is 0 Å². The smallest absolute Gasteiger partial charge is 0.325 e. The maximum absolute atomic E-state index is 12.9. The number of imide groups is 1. The van der Waals surface area contributed by atoms with E-state index in [-0.39, 0.29) is 12.4 Å². The molecule has 8 heteroatoms. The number of ether oxygens (including phenoxy) is 1. The van der Waals surface area contributed by atoms with Gasteiger partial charge in [0.15, 0.2) is 0 Å². The first-order chi connectivity index (χ1) is 13.8. The van der Waals surface area contributed by atoms with Crippen LogP contribution >= 0.6 is 0 Å². The third kappa shape index (κ3) is 4.37. The number of carbonyl (C=O) groups excluding carboxylic acids is 3. The minimum absolute atomic E-state index is 0.307. The molecule has 1 aliphatic heterocycles. The van der Waals surface area contributed by atoms with Gasteiger partial charge >= 0.3 is 6.03 Å². The zero-order valence-corrected chi connectivity index (χ0v) is 16.2. The second-order valence-corrected chi connectivity index (χ2v) is 6.90. The van der Waals surface area contributed by atoms with Crippen LogP contribution in [0.1, 0.15) is 18.1 Å². The van der Waals surface area contributed by atoms with Gasteiger partial charge in [-0.15, -0.1) is 0 Å². The van der Waals surface area contributed by atoms with Crippen LogP contribution in [0.4, 0.5) is 9.18 Å². The summed E-state index contributed by atoms with van der Waals surface area (Å²) < 4.78 is 18.1. The van der Waals surface area contributed by atoms with E-state index in [9.17, 15) is 18.8 Å². The molecule has 1 heterocycles. The van der Waals surface area contributed by atoms with Crippen molar-refractivity contribution in [1.82, 2.24) is 15.5 Å². The van der Waals surface area contributed by atoms with Crippen LogP contribution in [0.15, 0.2) is 48.5 Å². The molecule has 0 bridgehead atoms. The quantitative estimate of drug-likeness (QED) is 0.697. The van der Waals surface area contributed by atoms with Gasteiger partial charge in [0.2, 0.25) is 5.91 Å². The minimum Gasteiger partial charge on any atom is -0.497 e. The van der Waals surface area contributed by atoms with Crippen molar-refractivity contribution in [3.8, 4) is 5.75 Å². The summed E-state index contributed by atoms with van der Waals surface area (Å²) in [5.41, 5.74) is 0.154. The molecule has 7 nitrogen and oxygen atoms in total. The first-order valence-electron chi connectivity index (χ1n) is 9.13. The first kappa shape index (κ1) is 20.3. The van der Waals surface area contributed by atoms with E-state index in [1.807, 2.05) is 0 Å². The number of urea groups is 1. The van der Waals surface area contributed by atoms with Crippen molar-refractivity contribution in [2.45, 2.75) is 18.9 Å². The maximum atomic E-state index is 12.9. The molecule has 1 aliphatic rings. The highest BCUT2D eigenvalue weighted by Crippen LogP contribution is 2.30. The summed E-state index contributed by atoms with van der Waals surface area (Å²) in [5.74, 6) is -0.729. The molecule has 0 saturated carbocycles. The van der Waals surface area contributed by atoms with Crippen LogP contribution in [-0.2, 0) is 21.5 Å². The second kappa shape index (κ2) is 8.30. The van der Waals surface area contributed by atoms with E-state index < -0.39 is 23.4 Å². The molecule has 2 N–H and O–H groups in total. The SMILES string of the molecule is COc1cccc(C2(C)NC(=O)N(CC(=O)NCCc3ccc(F)cc3)C2=O)c1. The predicted molar refractivity (Wildman–Crippen MR) is 104 cm³/mol. The van der Waals surface area contributed by atoms with Crippen molar-refractivity contribution in [3.63, 3.8) is 0 Å². The van der Waals surface area contributed by atoms with Gasteiger partial charge in [-0.1, -0.05) is 24.3 Å². The van der Waals surface area contributed by atoms with E-state index in [0.717, 1.165) is 10.5 Å². The van der Waals surface area contributed by atoms with Crippen molar-refractivity contribution in [2.24, 2.45) is 0 Å². The molecule has 29 heavy (non-hydrogen) atoms. The Morgan fingerprint density at radius 2 is 1.93 bits per heavy atom. The maximum Gasteiger partial charge on any atom is 0.325 e. The van der Waals surface area contributed by atoms with Crippen molar-refractivity contribution in [2.75, 3.05) is 20.2 Å². The van der Waals surface area contributed by atoms with Gasteiger partial charge < -0.3 is 15.4 Å². The molecule has 2 aromatic rings. The lowest BCUT2D eigenvalue weighted by molar-refractivity contribution is -0.134. The molecule has 4 amide bonds. The summed E-state index contributed by atoms with van der Waals surface area (Å²) in [6, 6.07) is 12.2. The van der Waals surface area contributed by atoms with E-state index in [2.05, 4.69) is 10.6 Å². The Hall–Kier alpha value is -3.42. The standard InChI is InChI=1S/C21H22FN3O4/c1-21(15-4-3-5-17(12-15)29-2)19(27)25(20(28)24-21)13-18(26)23-11-10-14-6-8-16(22)9-7-14/h3-9,12H,10-11,13H2,1-2H3,(H,23,26)(H,24,28). The monoisotopic (exact) mass is 399 g/mol. The van der Waals surface area contributed by atoms with Crippen LogP contribution in [-0.4, -0.2) is 42.9 Å². The molecular formula is C21H22FN3O4. The molecule has 3 rings (SSSR count). The van der Waals surface area contributed by atoms with Gasteiger partial charge in [0, 0.05) is 6.54 Å². The number of benzene rings is 2. The third-order valence-corrected chi connectivity index (χ3v) is 4.87. The molecule has 1 atom stereocenters. The fraction of sp³-hybridized carbons (Fsp3) is 0.286. The molecule has 0 aliphatic carbocycles. The number of carbonyl (C=O) groups is 3. The average Bonchev–Trinajstić information content (AvgIpc) is 2.93. The topological polar surface area (TPSA) is 87.7 Å². The van der Waals surface area contributed by atoms with Crippen LogP contribution in [0.25, 0.3) is 0 Å². The molecule has 2 aromatic carbocycles. The molecule has 152 valence electrons. The van der Waals surface area contributed by atoms with Crippen molar-refractivity contribution in [1.29, 1.82) is 0 Å². The fourth-order valence-electron chi connectivity index (χ4n) is 3.17. The van der Waals surface area contributed by atoms with Gasteiger partial charge in [-0.25, -0.2) is 9.18 Å². The highest BCUT2D eigenvalue weighted by molar-refractivity contribution is 6.09. The molecular weight excluding hydrogens is 377 g/mol. The van der Waals surface area contributed by atoms with E-state index in [1.165, 1.54) is 19.2 Å². The van der Waals surface area contributed by atoms with Crippen LogP contribution in [0, 0.1) is 5.82 Å². The number of nitrogens with one attached hydrogen (secondary N) is 2. The number of hydrogen-bond acceptors (Lipinski definition) is 4. The Labute approximate surface area is 167 Å². The average molecular weight is 399 g/mol. The molecule has 0 spiro atoms. The highest BCUT2D eigenvalue weighted by Gasteiger charge is 2.49. The zero-order chi connectivity index (χ0) is 21.0. The van der Waals surface area contributed by atoms with E-state index in [1.54, 1.807) is 43.3 Å². The van der Waals surface area contributed by atoms with Gasteiger partial charge in [-0.3, -0.25) is 14.5 Å². The Bertz CT molecular complexity index is 932. The van der Waals surface area contributed by atoms with Gasteiger partial charge in [0.1, 0.15) is 23.7 Å². The van der Waals surface area contributed by atoms with Crippen molar-refractivity contribution >= 4 is 17.8 Å². The lowest BCUT2D eigenvalue weighted by Crippen LogP contribution is -2.43. The first-order valence-corrected chi connectivity index (χ1v) is 9.13. The summed E-state index contributed by atoms with van der Waals surface area (Å²) in [5, 5.41) is 5.33.